The van der Waals surface area contributed by atoms with Crippen LogP contribution in [0, 0.1) is 10.1 Å². The zero-order valence-corrected chi connectivity index (χ0v) is 13.6. The van der Waals surface area contributed by atoms with Crippen LogP contribution in [-0.2, 0) is 14.4 Å². The van der Waals surface area contributed by atoms with Crippen molar-refractivity contribution in [3.63, 3.8) is 0 Å². The summed E-state index contributed by atoms with van der Waals surface area (Å²) in [5.74, 6) is -1.25. The molecule has 1 aromatic heterocycles. The van der Waals surface area contributed by atoms with Crippen molar-refractivity contribution in [3.05, 3.63) is 39.8 Å². The lowest BCUT2D eigenvalue weighted by molar-refractivity contribution is -0.384. The highest BCUT2D eigenvalue weighted by molar-refractivity contribution is 7.14. The second kappa shape index (κ2) is 6.77. The van der Waals surface area contributed by atoms with Gasteiger partial charge < -0.3 is 5.32 Å². The van der Waals surface area contributed by atoms with Crippen molar-refractivity contribution >= 4 is 39.9 Å². The van der Waals surface area contributed by atoms with E-state index < -0.39 is 10.8 Å². The highest BCUT2D eigenvalue weighted by Gasteiger charge is 2.30. The Morgan fingerprint density at radius 1 is 1.32 bits per heavy atom. The van der Waals surface area contributed by atoms with E-state index >= 15 is 0 Å². The standard InChI is InChI=1S/C15H12N4O5S/c20-12(7-18-13(21)4-5-14(18)22)17-15-16-11(8-25-15)9-2-1-3-10(6-9)19(23)24/h1-3,6,8H,4-5,7H2,(H,16,17,20). The number of aromatic nitrogens is 1. The topological polar surface area (TPSA) is 123 Å². The first kappa shape index (κ1) is 16.7. The van der Waals surface area contributed by atoms with Crippen LogP contribution >= 0.6 is 11.3 Å². The van der Waals surface area contributed by atoms with Crippen LogP contribution < -0.4 is 5.32 Å². The molecule has 1 aromatic carbocycles. The van der Waals surface area contributed by atoms with Gasteiger partial charge in [0.05, 0.1) is 10.6 Å². The maximum Gasteiger partial charge on any atom is 0.270 e. The van der Waals surface area contributed by atoms with Crippen molar-refractivity contribution in [2.45, 2.75) is 12.8 Å². The first-order valence-corrected chi connectivity index (χ1v) is 8.15. The van der Waals surface area contributed by atoms with Crippen LogP contribution in [-0.4, -0.2) is 39.1 Å². The van der Waals surface area contributed by atoms with Crippen molar-refractivity contribution in [1.29, 1.82) is 0 Å². The molecule has 2 aromatic rings. The molecule has 0 unspecified atom stereocenters. The van der Waals surface area contributed by atoms with Gasteiger partial charge in [-0.2, -0.15) is 0 Å². The van der Waals surface area contributed by atoms with Gasteiger partial charge in [0, 0.05) is 35.9 Å². The number of carbonyl (C=O) groups is 3. The molecule has 3 amide bonds. The Morgan fingerprint density at radius 2 is 2.04 bits per heavy atom. The smallest absolute Gasteiger partial charge is 0.270 e. The number of nitrogens with zero attached hydrogens (tertiary/aromatic N) is 3. The van der Waals surface area contributed by atoms with Crippen molar-refractivity contribution in [2.75, 3.05) is 11.9 Å². The molecule has 9 nitrogen and oxygen atoms in total. The van der Waals surface area contributed by atoms with Crippen molar-refractivity contribution in [2.24, 2.45) is 0 Å². The second-order valence-corrected chi connectivity index (χ2v) is 6.13. The van der Waals surface area contributed by atoms with Gasteiger partial charge in [0.1, 0.15) is 6.54 Å². The molecule has 1 saturated heterocycles. The average molecular weight is 360 g/mol. The summed E-state index contributed by atoms with van der Waals surface area (Å²) in [6, 6.07) is 6.00. The second-order valence-electron chi connectivity index (χ2n) is 5.27. The highest BCUT2D eigenvalue weighted by Crippen LogP contribution is 2.27. The van der Waals surface area contributed by atoms with Gasteiger partial charge in [-0.3, -0.25) is 29.4 Å². The Kier molecular flexibility index (Phi) is 4.52. The molecule has 2 heterocycles. The zero-order chi connectivity index (χ0) is 18.0. The van der Waals surface area contributed by atoms with Crippen molar-refractivity contribution in [1.82, 2.24) is 9.88 Å². The minimum atomic E-state index is -0.524. The molecule has 10 heteroatoms. The van der Waals surface area contributed by atoms with E-state index in [0.29, 0.717) is 11.3 Å². The van der Waals surface area contributed by atoms with Crippen molar-refractivity contribution < 1.29 is 19.3 Å². The molecular formula is C15H12N4O5S. The highest BCUT2D eigenvalue weighted by atomic mass is 32.1. The average Bonchev–Trinajstić information content (AvgIpc) is 3.17. The van der Waals surface area contributed by atoms with Crippen molar-refractivity contribution in [3.8, 4) is 11.3 Å². The molecule has 128 valence electrons. The van der Waals surface area contributed by atoms with E-state index in [9.17, 15) is 24.5 Å². The van der Waals surface area contributed by atoms with E-state index in [1.165, 1.54) is 12.1 Å². The predicted molar refractivity (Wildman–Crippen MR) is 88.8 cm³/mol. The van der Waals surface area contributed by atoms with Gasteiger partial charge in [0.15, 0.2) is 5.13 Å². The van der Waals surface area contributed by atoms with E-state index in [0.717, 1.165) is 16.2 Å². The Bertz CT molecular complexity index is 862. The van der Waals surface area contributed by atoms with Crippen LogP contribution in [0.4, 0.5) is 10.8 Å². The first-order chi connectivity index (χ1) is 11.9. The van der Waals surface area contributed by atoms with Crippen LogP contribution in [0.15, 0.2) is 29.6 Å². The minimum Gasteiger partial charge on any atom is -0.300 e. The molecule has 0 aliphatic carbocycles. The molecule has 0 bridgehead atoms. The van der Waals surface area contributed by atoms with Gasteiger partial charge in [-0.05, 0) is 0 Å². The van der Waals surface area contributed by atoms with Crippen LogP contribution in [0.1, 0.15) is 12.8 Å². The Balaban J connectivity index is 1.68. The molecule has 3 rings (SSSR count). The molecule has 1 aliphatic rings. The van der Waals surface area contributed by atoms with Crippen LogP contribution in [0.25, 0.3) is 11.3 Å². The lowest BCUT2D eigenvalue weighted by Crippen LogP contribution is -2.36. The number of amides is 3. The number of carbonyl (C=O) groups excluding carboxylic acids is 3. The summed E-state index contributed by atoms with van der Waals surface area (Å²) in [4.78, 5) is 50.4. The first-order valence-electron chi connectivity index (χ1n) is 7.27. The molecule has 25 heavy (non-hydrogen) atoms. The third kappa shape index (κ3) is 3.69. The number of hydrogen-bond acceptors (Lipinski definition) is 7. The van der Waals surface area contributed by atoms with E-state index in [1.54, 1.807) is 17.5 Å². The summed E-state index contributed by atoms with van der Waals surface area (Å²) in [6.45, 7) is -0.344. The largest absolute Gasteiger partial charge is 0.300 e. The molecule has 0 saturated carbocycles. The normalized spacial score (nSPS) is 14.0. The predicted octanol–water partition coefficient (Wildman–Crippen LogP) is 1.81. The number of thiazole rings is 1. The third-order valence-electron chi connectivity index (χ3n) is 3.56. The monoisotopic (exact) mass is 360 g/mol. The summed E-state index contributed by atoms with van der Waals surface area (Å²) in [5, 5.41) is 15.3. The number of nitro benzene ring substituents is 1. The number of anilines is 1. The Morgan fingerprint density at radius 3 is 2.72 bits per heavy atom. The molecule has 1 N–H and O–H groups in total. The molecule has 1 aliphatic heterocycles. The van der Waals surface area contributed by atoms with Gasteiger partial charge in [-0.15, -0.1) is 11.3 Å². The number of rotatable bonds is 5. The zero-order valence-electron chi connectivity index (χ0n) is 12.8. The molecule has 0 radical (unpaired) electrons. The summed E-state index contributed by atoms with van der Waals surface area (Å²) < 4.78 is 0. The lowest BCUT2D eigenvalue weighted by Gasteiger charge is -2.12. The summed E-state index contributed by atoms with van der Waals surface area (Å²) >= 11 is 1.15. The quantitative estimate of drug-likeness (QED) is 0.493. The van der Waals surface area contributed by atoms with E-state index in [-0.39, 0.29) is 42.0 Å². The van der Waals surface area contributed by atoms with Crippen LogP contribution in [0.5, 0.6) is 0 Å². The number of likely N-dealkylation sites (tertiary alicyclic amines) is 1. The number of benzene rings is 1. The molecule has 0 atom stereocenters. The number of hydrogen-bond donors (Lipinski definition) is 1. The van der Waals surface area contributed by atoms with E-state index in [1.807, 2.05) is 0 Å². The number of nitrogens with one attached hydrogen (secondary N) is 1. The van der Waals surface area contributed by atoms with Gasteiger partial charge in [-0.25, -0.2) is 4.98 Å². The minimum absolute atomic E-state index is 0.0536. The lowest BCUT2D eigenvalue weighted by atomic mass is 10.1. The van der Waals surface area contributed by atoms with E-state index in [2.05, 4.69) is 10.3 Å². The number of non-ortho nitro benzene ring substituents is 1. The third-order valence-corrected chi connectivity index (χ3v) is 4.32. The number of nitro groups is 1. The fourth-order valence-corrected chi connectivity index (χ4v) is 3.08. The fraction of sp³-hybridized carbons (Fsp3) is 0.200. The number of imide groups is 1. The van der Waals surface area contributed by atoms with Crippen LogP contribution in [0.2, 0.25) is 0 Å². The Labute approximate surface area is 145 Å². The molecular weight excluding hydrogens is 348 g/mol. The fourth-order valence-electron chi connectivity index (χ4n) is 2.34. The maximum atomic E-state index is 12.0. The van der Waals surface area contributed by atoms with Gasteiger partial charge in [0.25, 0.3) is 5.69 Å². The van der Waals surface area contributed by atoms with Gasteiger partial charge in [-0.1, -0.05) is 12.1 Å². The summed E-state index contributed by atoms with van der Waals surface area (Å²) in [6.07, 6.45) is 0.251. The Hall–Kier alpha value is -3.14. The summed E-state index contributed by atoms with van der Waals surface area (Å²) in [5.41, 5.74) is 0.982. The summed E-state index contributed by atoms with van der Waals surface area (Å²) in [7, 11) is 0. The van der Waals surface area contributed by atoms with Gasteiger partial charge in [0.2, 0.25) is 17.7 Å². The van der Waals surface area contributed by atoms with Crippen LogP contribution in [0.3, 0.4) is 0 Å². The SMILES string of the molecule is O=C(CN1C(=O)CCC1=O)Nc1nc(-c2cccc([N+](=O)[O-])c2)cs1. The van der Waals surface area contributed by atoms with Gasteiger partial charge >= 0.3 is 0 Å². The molecule has 1 fully saturated rings. The van der Waals surface area contributed by atoms with E-state index in [4.69, 9.17) is 0 Å². The maximum absolute atomic E-state index is 12.0. The molecule has 0 spiro atoms.